The molecule has 1 unspecified atom stereocenters. The normalized spacial score (nSPS) is 12.5. The number of nitrogens with one attached hydrogen (secondary N) is 1. The van der Waals surface area contributed by atoms with Gasteiger partial charge in [0.05, 0.1) is 18.5 Å². The van der Waals surface area contributed by atoms with E-state index in [1.165, 1.54) is 0 Å². The second kappa shape index (κ2) is 6.35. The van der Waals surface area contributed by atoms with E-state index >= 15 is 0 Å². The molecule has 0 spiro atoms. The van der Waals surface area contributed by atoms with Crippen LogP contribution in [0.15, 0.2) is 18.2 Å². The van der Waals surface area contributed by atoms with Crippen LogP contribution in [0.5, 0.6) is 5.75 Å². The first kappa shape index (κ1) is 13.6. The molecule has 0 aromatic heterocycles. The summed E-state index contributed by atoms with van der Waals surface area (Å²) in [5.74, 6) is 0.786. The molecule has 1 rings (SSSR count). The molecule has 0 heterocycles. The van der Waals surface area contributed by atoms with E-state index in [-0.39, 0.29) is 0 Å². The fraction of sp³-hybridized carbons (Fsp3) is 0.538. The summed E-state index contributed by atoms with van der Waals surface area (Å²) in [5, 5.41) is 3.41. The van der Waals surface area contributed by atoms with Gasteiger partial charge >= 0.3 is 0 Å². The predicted octanol–water partition coefficient (Wildman–Crippen LogP) is 2.03. The average Bonchev–Trinajstić information content (AvgIpc) is 2.29. The van der Waals surface area contributed by atoms with E-state index in [9.17, 15) is 0 Å². The maximum Gasteiger partial charge on any atom is 0.121 e. The number of anilines is 2. The summed E-state index contributed by atoms with van der Waals surface area (Å²) in [5.41, 5.74) is 7.64. The molecule has 0 saturated heterocycles. The lowest BCUT2D eigenvalue weighted by atomic mass is 10.2. The summed E-state index contributed by atoms with van der Waals surface area (Å²) in [4.78, 5) is 2.18. The molecule has 96 valence electrons. The lowest BCUT2D eigenvalue weighted by Crippen LogP contribution is -2.23. The molecule has 0 radical (unpaired) electrons. The van der Waals surface area contributed by atoms with Crippen molar-refractivity contribution in [3.05, 3.63) is 18.2 Å². The smallest absolute Gasteiger partial charge is 0.121 e. The number of benzene rings is 1. The molecule has 0 aliphatic rings. The molecule has 3 N–H and O–H groups in total. The van der Waals surface area contributed by atoms with Gasteiger partial charge in [0.15, 0.2) is 0 Å². The second-order valence-electron chi connectivity index (χ2n) is 4.59. The van der Waals surface area contributed by atoms with Crippen LogP contribution in [-0.2, 0) is 0 Å². The predicted molar refractivity (Wildman–Crippen MR) is 73.7 cm³/mol. The first-order chi connectivity index (χ1) is 8.02. The molecule has 1 aromatic carbocycles. The molecule has 17 heavy (non-hydrogen) atoms. The molecular weight excluding hydrogens is 214 g/mol. The number of rotatable bonds is 6. The molecule has 1 aromatic rings. The summed E-state index contributed by atoms with van der Waals surface area (Å²) >= 11 is 0. The van der Waals surface area contributed by atoms with Gasteiger partial charge in [0, 0.05) is 12.1 Å². The number of hydrogen-bond acceptors (Lipinski definition) is 4. The van der Waals surface area contributed by atoms with Gasteiger partial charge in [-0.05, 0) is 46.1 Å². The molecule has 4 nitrogen and oxygen atoms in total. The second-order valence-corrected chi connectivity index (χ2v) is 4.59. The molecule has 0 aliphatic heterocycles. The minimum Gasteiger partial charge on any atom is -0.497 e. The monoisotopic (exact) mass is 237 g/mol. The summed E-state index contributed by atoms with van der Waals surface area (Å²) in [7, 11) is 5.80. The Hall–Kier alpha value is -1.42. The van der Waals surface area contributed by atoms with Crippen LogP contribution in [0.25, 0.3) is 0 Å². The van der Waals surface area contributed by atoms with Crippen molar-refractivity contribution in [2.75, 3.05) is 38.8 Å². The number of nitrogens with two attached hydrogens (primary N) is 1. The van der Waals surface area contributed by atoms with Crippen LogP contribution in [-0.4, -0.2) is 38.7 Å². The number of nitrogen functional groups attached to an aromatic ring is 1. The Kier molecular flexibility index (Phi) is 5.10. The van der Waals surface area contributed by atoms with Crippen LogP contribution in [0.2, 0.25) is 0 Å². The maximum atomic E-state index is 5.95. The van der Waals surface area contributed by atoms with E-state index in [2.05, 4.69) is 31.2 Å². The van der Waals surface area contributed by atoms with Crippen molar-refractivity contribution in [3.8, 4) is 5.75 Å². The van der Waals surface area contributed by atoms with Crippen LogP contribution < -0.4 is 15.8 Å². The van der Waals surface area contributed by atoms with E-state index < -0.39 is 0 Å². The fourth-order valence-corrected chi connectivity index (χ4v) is 1.59. The first-order valence-corrected chi connectivity index (χ1v) is 5.87. The van der Waals surface area contributed by atoms with Crippen molar-refractivity contribution >= 4 is 11.4 Å². The van der Waals surface area contributed by atoms with Crippen molar-refractivity contribution in [1.82, 2.24) is 4.90 Å². The zero-order valence-electron chi connectivity index (χ0n) is 11.2. The van der Waals surface area contributed by atoms with Gasteiger partial charge in [0.25, 0.3) is 0 Å². The van der Waals surface area contributed by atoms with Crippen molar-refractivity contribution < 1.29 is 4.74 Å². The summed E-state index contributed by atoms with van der Waals surface area (Å²) in [6.07, 6.45) is 1.08. The highest BCUT2D eigenvalue weighted by Crippen LogP contribution is 2.24. The lowest BCUT2D eigenvalue weighted by molar-refractivity contribution is 0.390. The Balaban J connectivity index is 2.56. The third-order valence-corrected chi connectivity index (χ3v) is 2.67. The largest absolute Gasteiger partial charge is 0.497 e. The van der Waals surface area contributed by atoms with Gasteiger partial charge in [-0.2, -0.15) is 0 Å². The number of ether oxygens (including phenoxy) is 1. The first-order valence-electron chi connectivity index (χ1n) is 5.87. The van der Waals surface area contributed by atoms with Crippen molar-refractivity contribution in [1.29, 1.82) is 0 Å². The minimum atomic E-state index is 0.396. The van der Waals surface area contributed by atoms with E-state index in [0.29, 0.717) is 6.04 Å². The van der Waals surface area contributed by atoms with Crippen molar-refractivity contribution in [2.24, 2.45) is 0 Å². The van der Waals surface area contributed by atoms with Crippen molar-refractivity contribution in [3.63, 3.8) is 0 Å². The average molecular weight is 237 g/mol. The van der Waals surface area contributed by atoms with Gasteiger partial charge in [-0.3, -0.25) is 0 Å². The van der Waals surface area contributed by atoms with Gasteiger partial charge < -0.3 is 20.7 Å². The highest BCUT2D eigenvalue weighted by atomic mass is 16.5. The van der Waals surface area contributed by atoms with Crippen LogP contribution in [0, 0.1) is 0 Å². The van der Waals surface area contributed by atoms with Crippen molar-refractivity contribution in [2.45, 2.75) is 19.4 Å². The van der Waals surface area contributed by atoms with E-state index in [1.54, 1.807) is 7.11 Å². The quantitative estimate of drug-likeness (QED) is 0.743. The van der Waals surface area contributed by atoms with Gasteiger partial charge in [0.1, 0.15) is 5.75 Å². The Morgan fingerprint density at radius 3 is 2.65 bits per heavy atom. The number of methoxy groups -OCH3 is 1. The minimum absolute atomic E-state index is 0.396. The number of nitrogens with zero attached hydrogens (tertiary/aromatic N) is 1. The van der Waals surface area contributed by atoms with Crippen LogP contribution in [0.1, 0.15) is 13.3 Å². The topological polar surface area (TPSA) is 50.5 Å². The molecule has 0 amide bonds. The van der Waals surface area contributed by atoms with Crippen LogP contribution in [0.3, 0.4) is 0 Å². The highest BCUT2D eigenvalue weighted by Gasteiger charge is 2.06. The maximum absolute atomic E-state index is 5.95. The van der Waals surface area contributed by atoms with Gasteiger partial charge in [-0.1, -0.05) is 0 Å². The highest BCUT2D eigenvalue weighted by molar-refractivity contribution is 5.68. The Morgan fingerprint density at radius 2 is 2.12 bits per heavy atom. The Morgan fingerprint density at radius 1 is 1.41 bits per heavy atom. The zero-order valence-corrected chi connectivity index (χ0v) is 11.2. The molecule has 0 aliphatic carbocycles. The summed E-state index contributed by atoms with van der Waals surface area (Å²) in [6, 6.07) is 6.10. The fourth-order valence-electron chi connectivity index (χ4n) is 1.59. The molecule has 0 fully saturated rings. The van der Waals surface area contributed by atoms with Gasteiger partial charge in [-0.25, -0.2) is 0 Å². The Labute approximate surface area is 104 Å². The van der Waals surface area contributed by atoms with E-state index in [1.807, 2.05) is 18.2 Å². The van der Waals surface area contributed by atoms with Gasteiger partial charge in [0.2, 0.25) is 0 Å². The van der Waals surface area contributed by atoms with E-state index in [0.717, 1.165) is 30.1 Å². The van der Waals surface area contributed by atoms with E-state index in [4.69, 9.17) is 10.5 Å². The summed E-state index contributed by atoms with van der Waals surface area (Å²) in [6.45, 7) is 3.22. The van der Waals surface area contributed by atoms with Crippen LogP contribution >= 0.6 is 0 Å². The van der Waals surface area contributed by atoms with Crippen LogP contribution in [0.4, 0.5) is 11.4 Å². The number of hydrogen-bond donors (Lipinski definition) is 2. The Bertz CT molecular complexity index is 353. The molecule has 1 atom stereocenters. The summed E-state index contributed by atoms with van der Waals surface area (Å²) < 4.78 is 5.12. The third kappa shape index (κ3) is 4.53. The lowest BCUT2D eigenvalue weighted by Gasteiger charge is -2.19. The van der Waals surface area contributed by atoms with Gasteiger partial charge in [-0.15, -0.1) is 0 Å². The molecular formula is C13H23N3O. The standard InChI is InChI=1S/C13H23N3O/c1-10(7-8-16(2)3)15-13-6-5-11(17-4)9-12(13)14/h5-6,9-10,15H,7-8,14H2,1-4H3. The SMILES string of the molecule is COc1ccc(NC(C)CCN(C)C)c(N)c1. The molecule has 0 bridgehead atoms. The molecule has 0 saturated carbocycles. The zero-order chi connectivity index (χ0) is 12.8. The molecule has 4 heteroatoms. The third-order valence-electron chi connectivity index (χ3n) is 2.67.